The van der Waals surface area contributed by atoms with E-state index < -0.39 is 0 Å². The number of hydrogen-bond donors (Lipinski definition) is 2. The van der Waals surface area contributed by atoms with Crippen LogP contribution in [0.5, 0.6) is 0 Å². The molecule has 0 aliphatic carbocycles. The second-order valence-corrected chi connectivity index (χ2v) is 13.6. The van der Waals surface area contributed by atoms with Crippen LogP contribution < -0.4 is 15.5 Å². The van der Waals surface area contributed by atoms with E-state index in [4.69, 9.17) is 11.4 Å². The van der Waals surface area contributed by atoms with E-state index in [2.05, 4.69) is 197 Å². The number of para-hydroxylation sites is 3. The number of anilines is 3. The Hall–Kier alpha value is -7.03. The number of terminal acetylenes is 1. The fraction of sp³-hybridized carbons (Fsp3) is 0.0816. The van der Waals surface area contributed by atoms with Gasteiger partial charge in [0, 0.05) is 45.7 Å². The Morgan fingerprint density at radius 2 is 1.44 bits per heavy atom. The summed E-state index contributed by atoms with van der Waals surface area (Å²) in [5, 5.41) is 10.0. The zero-order valence-electron chi connectivity index (χ0n) is 30.0. The van der Waals surface area contributed by atoms with Crippen LogP contribution in [0.2, 0.25) is 0 Å². The lowest BCUT2D eigenvalue weighted by Gasteiger charge is -2.32. The summed E-state index contributed by atoms with van der Waals surface area (Å²) in [6.45, 7) is 2.19. The van der Waals surface area contributed by atoms with Gasteiger partial charge in [-0.25, -0.2) is 4.98 Å². The first kappa shape index (κ1) is 32.8. The summed E-state index contributed by atoms with van der Waals surface area (Å²) >= 11 is 0. The quantitative estimate of drug-likeness (QED) is 0.170. The van der Waals surface area contributed by atoms with Crippen LogP contribution in [0.25, 0.3) is 50.3 Å². The number of fused-ring (bicyclic) bond motifs is 7. The van der Waals surface area contributed by atoms with Crippen LogP contribution in [-0.4, -0.2) is 15.6 Å². The third-order valence-electron chi connectivity index (χ3n) is 10.5. The van der Waals surface area contributed by atoms with Gasteiger partial charge in [-0.15, -0.1) is 6.42 Å². The molecule has 2 aromatic heterocycles. The van der Waals surface area contributed by atoms with Crippen molar-refractivity contribution in [1.29, 1.82) is 0 Å². The van der Waals surface area contributed by atoms with Crippen LogP contribution in [0.3, 0.4) is 0 Å². The maximum atomic E-state index is 5.73. The summed E-state index contributed by atoms with van der Waals surface area (Å²) in [7, 11) is 0. The van der Waals surface area contributed by atoms with Gasteiger partial charge in [0.1, 0.15) is 6.17 Å². The predicted molar refractivity (Wildman–Crippen MR) is 228 cm³/mol. The van der Waals surface area contributed by atoms with E-state index >= 15 is 0 Å². The second kappa shape index (κ2) is 14.2. The number of rotatable bonds is 6. The average Bonchev–Trinajstić information content (AvgIpc) is 3.77. The molecule has 7 aromatic rings. The van der Waals surface area contributed by atoms with Crippen molar-refractivity contribution in [2.45, 2.75) is 25.6 Å². The predicted octanol–water partition coefficient (Wildman–Crippen LogP) is 11.8. The highest BCUT2D eigenvalue weighted by atomic mass is 15.4. The molecule has 2 unspecified atom stereocenters. The van der Waals surface area contributed by atoms with Crippen LogP contribution in [0, 0.1) is 12.3 Å². The standard InChI is InChI=1S/C49H39N5/c1-3-5-20-37(4-2)54-48(34-17-7-6-8-18-34)52-47-40(29-31-51-49(47)54)36-32-35-19-9-10-21-39(35)41-22-11-14-25-44(41)50-30-28-38(33-36)53-45-26-15-12-23-42(45)43-24-13-16-27-46(43)53/h1,5-33,37,48,50,52H,4H2,2H3/b20-5-,30-28+,36-32+,38-33+. The molecule has 2 aliphatic heterocycles. The van der Waals surface area contributed by atoms with E-state index in [0.717, 1.165) is 73.7 Å². The molecule has 54 heavy (non-hydrogen) atoms. The maximum absolute atomic E-state index is 5.73. The lowest BCUT2D eigenvalue weighted by Crippen LogP contribution is -2.36. The van der Waals surface area contributed by atoms with Crippen molar-refractivity contribution in [2.24, 2.45) is 0 Å². The summed E-state index contributed by atoms with van der Waals surface area (Å²) in [6, 6.07) is 47.2. The van der Waals surface area contributed by atoms with Crippen molar-refractivity contribution in [3.8, 4) is 23.5 Å². The zero-order chi connectivity index (χ0) is 36.4. The van der Waals surface area contributed by atoms with Gasteiger partial charge in [0.05, 0.1) is 22.8 Å². The molecule has 0 radical (unpaired) electrons. The molecule has 0 amide bonds. The summed E-state index contributed by atoms with van der Waals surface area (Å²) in [5.41, 5.74) is 12.0. The monoisotopic (exact) mass is 697 g/mol. The minimum atomic E-state index is -0.144. The highest BCUT2D eigenvalue weighted by Crippen LogP contribution is 2.47. The van der Waals surface area contributed by atoms with Crippen molar-refractivity contribution in [2.75, 3.05) is 15.5 Å². The van der Waals surface area contributed by atoms with Gasteiger partial charge in [-0.3, -0.25) is 0 Å². The molecule has 9 rings (SSSR count). The van der Waals surface area contributed by atoms with Crippen LogP contribution in [-0.2, 0) is 0 Å². The van der Waals surface area contributed by atoms with E-state index in [0.29, 0.717) is 0 Å². The fourth-order valence-electron chi connectivity index (χ4n) is 8.02. The van der Waals surface area contributed by atoms with E-state index in [1.807, 2.05) is 6.20 Å². The number of benzene rings is 5. The minimum Gasteiger partial charge on any atom is -0.361 e. The van der Waals surface area contributed by atoms with Gasteiger partial charge < -0.3 is 20.1 Å². The van der Waals surface area contributed by atoms with Crippen molar-refractivity contribution in [3.05, 3.63) is 187 Å². The summed E-state index contributed by atoms with van der Waals surface area (Å²) in [6.07, 6.45) is 21.2. The van der Waals surface area contributed by atoms with Gasteiger partial charge in [0.2, 0.25) is 0 Å². The van der Waals surface area contributed by atoms with Crippen molar-refractivity contribution in [3.63, 3.8) is 0 Å². The van der Waals surface area contributed by atoms with Crippen LogP contribution in [0.15, 0.2) is 170 Å². The number of aromatic nitrogens is 2. The fourth-order valence-corrected chi connectivity index (χ4v) is 8.02. The molecule has 2 atom stereocenters. The van der Waals surface area contributed by atoms with Gasteiger partial charge in [0.25, 0.3) is 0 Å². The van der Waals surface area contributed by atoms with Gasteiger partial charge in [-0.1, -0.05) is 128 Å². The third-order valence-corrected chi connectivity index (χ3v) is 10.5. The highest BCUT2D eigenvalue weighted by Gasteiger charge is 2.36. The molecule has 0 saturated carbocycles. The average molecular weight is 698 g/mol. The molecular formula is C49H39N5. The molecule has 2 aliphatic rings. The molecule has 5 aromatic carbocycles. The largest absolute Gasteiger partial charge is 0.361 e. The molecule has 0 spiro atoms. The topological polar surface area (TPSA) is 45.1 Å². The molecule has 0 saturated heterocycles. The summed E-state index contributed by atoms with van der Waals surface area (Å²) in [5.74, 6) is 3.60. The normalized spacial score (nSPS) is 18.1. The number of nitrogens with zero attached hydrogens (tertiary/aromatic N) is 3. The highest BCUT2D eigenvalue weighted by molar-refractivity contribution is 6.11. The summed E-state index contributed by atoms with van der Waals surface area (Å²) in [4.78, 5) is 7.44. The first-order valence-electron chi connectivity index (χ1n) is 18.5. The van der Waals surface area contributed by atoms with E-state index in [-0.39, 0.29) is 12.2 Å². The van der Waals surface area contributed by atoms with E-state index in [9.17, 15) is 0 Å². The molecular weight excluding hydrogens is 659 g/mol. The lowest BCUT2D eigenvalue weighted by atomic mass is 9.94. The second-order valence-electron chi connectivity index (χ2n) is 13.6. The smallest absolute Gasteiger partial charge is 0.155 e. The van der Waals surface area contributed by atoms with Crippen LogP contribution >= 0.6 is 0 Å². The Morgan fingerprint density at radius 3 is 2.20 bits per heavy atom. The molecule has 4 heterocycles. The zero-order valence-corrected chi connectivity index (χ0v) is 30.0. The molecule has 2 N–H and O–H groups in total. The van der Waals surface area contributed by atoms with Crippen LogP contribution in [0.1, 0.15) is 36.2 Å². The number of nitrogens with one attached hydrogen (secondary N) is 2. The molecule has 0 bridgehead atoms. The number of allylic oxidation sites excluding steroid dienone is 5. The SMILES string of the molecule is C#C/C=C\C(CC)N1c2nccc(C3=C/c4ccccc4-c4ccccc4N/C=C/C(n4c5ccccc5c5ccccc54)=C\3)c2NC1c1ccccc1. The third kappa shape index (κ3) is 5.75. The number of pyridine rings is 1. The van der Waals surface area contributed by atoms with Gasteiger partial charge in [-0.2, -0.15) is 0 Å². The van der Waals surface area contributed by atoms with Gasteiger partial charge >= 0.3 is 0 Å². The molecule has 0 fully saturated rings. The van der Waals surface area contributed by atoms with E-state index in [1.165, 1.54) is 10.8 Å². The lowest BCUT2D eigenvalue weighted by molar-refractivity contribution is 0.611. The maximum Gasteiger partial charge on any atom is 0.155 e. The minimum absolute atomic E-state index is 0.0271. The Labute approximate surface area is 316 Å². The molecule has 5 nitrogen and oxygen atoms in total. The van der Waals surface area contributed by atoms with Crippen molar-refractivity contribution in [1.82, 2.24) is 9.55 Å². The first-order chi connectivity index (χ1) is 26.7. The van der Waals surface area contributed by atoms with Crippen molar-refractivity contribution < 1.29 is 0 Å². The first-order valence-corrected chi connectivity index (χ1v) is 18.5. The number of hydrogen-bond acceptors (Lipinski definition) is 4. The Bertz CT molecular complexity index is 2630. The van der Waals surface area contributed by atoms with Crippen molar-refractivity contribution >= 4 is 56.3 Å². The van der Waals surface area contributed by atoms with Gasteiger partial charge in [-0.05, 0) is 77.3 Å². The molecule has 260 valence electrons. The van der Waals surface area contributed by atoms with E-state index in [1.54, 1.807) is 6.08 Å². The summed E-state index contributed by atoms with van der Waals surface area (Å²) < 4.78 is 2.37. The Kier molecular flexibility index (Phi) is 8.63. The Balaban J connectivity index is 1.33. The molecule has 5 heteroatoms. The van der Waals surface area contributed by atoms with Gasteiger partial charge in [0.15, 0.2) is 5.82 Å². The van der Waals surface area contributed by atoms with Crippen LogP contribution in [0.4, 0.5) is 17.2 Å². The Morgan fingerprint density at radius 1 is 0.759 bits per heavy atom.